The summed E-state index contributed by atoms with van der Waals surface area (Å²) in [5.41, 5.74) is 4.69. The van der Waals surface area contributed by atoms with E-state index in [9.17, 15) is 0 Å². The molecule has 0 atom stereocenters. The van der Waals surface area contributed by atoms with Gasteiger partial charge in [0, 0.05) is 11.7 Å². The second kappa shape index (κ2) is 5.07. The first-order chi connectivity index (χ1) is 9.61. The average Bonchev–Trinajstić information content (AvgIpc) is 3.18. The van der Waals surface area contributed by atoms with Crippen LogP contribution >= 0.6 is 0 Å². The predicted octanol–water partition coefficient (Wildman–Crippen LogP) is 3.11. The molecule has 20 heavy (non-hydrogen) atoms. The van der Waals surface area contributed by atoms with Gasteiger partial charge in [-0.25, -0.2) is 0 Å². The zero-order chi connectivity index (χ0) is 14.1. The van der Waals surface area contributed by atoms with Crippen molar-refractivity contribution in [1.29, 1.82) is 0 Å². The molecule has 2 aromatic rings. The minimum atomic E-state index is 0.533. The van der Waals surface area contributed by atoms with Gasteiger partial charge in [-0.3, -0.25) is 0 Å². The van der Waals surface area contributed by atoms with Gasteiger partial charge in [-0.2, -0.15) is 10.1 Å². The quantitative estimate of drug-likeness (QED) is 0.893. The van der Waals surface area contributed by atoms with Crippen LogP contribution in [-0.2, 0) is 0 Å². The zero-order valence-corrected chi connectivity index (χ0v) is 12.1. The van der Waals surface area contributed by atoms with Crippen molar-refractivity contribution >= 4 is 17.5 Å². The van der Waals surface area contributed by atoms with E-state index in [1.54, 1.807) is 6.20 Å². The van der Waals surface area contributed by atoms with Crippen LogP contribution in [0.25, 0.3) is 0 Å². The minimum Gasteiger partial charge on any atom is -0.366 e. The lowest BCUT2D eigenvalue weighted by molar-refractivity contribution is 0.964. The molecule has 0 unspecified atom stereocenters. The van der Waals surface area contributed by atoms with Crippen LogP contribution in [0.4, 0.5) is 17.5 Å². The lowest BCUT2D eigenvalue weighted by Crippen LogP contribution is -2.07. The van der Waals surface area contributed by atoms with Gasteiger partial charge < -0.3 is 10.6 Å². The van der Waals surface area contributed by atoms with Crippen LogP contribution in [0.1, 0.15) is 29.5 Å². The van der Waals surface area contributed by atoms with Gasteiger partial charge in [-0.05, 0) is 44.7 Å². The summed E-state index contributed by atoms with van der Waals surface area (Å²) in [5.74, 6) is 1.32. The average molecular weight is 269 g/mol. The summed E-state index contributed by atoms with van der Waals surface area (Å²) in [4.78, 5) is 4.46. The molecule has 0 radical (unpaired) electrons. The summed E-state index contributed by atoms with van der Waals surface area (Å²) in [5, 5.41) is 14.7. The van der Waals surface area contributed by atoms with Crippen molar-refractivity contribution in [1.82, 2.24) is 15.2 Å². The van der Waals surface area contributed by atoms with Crippen LogP contribution in [-0.4, -0.2) is 21.2 Å². The number of nitrogens with zero attached hydrogens (tertiary/aromatic N) is 3. The maximum absolute atomic E-state index is 4.46. The number of benzene rings is 1. The largest absolute Gasteiger partial charge is 0.366 e. The van der Waals surface area contributed by atoms with Gasteiger partial charge in [0.25, 0.3) is 0 Å². The second-order valence-electron chi connectivity index (χ2n) is 5.48. The number of aromatic nitrogens is 3. The third-order valence-corrected chi connectivity index (χ3v) is 3.40. The van der Waals surface area contributed by atoms with Crippen LogP contribution in [0.15, 0.2) is 18.3 Å². The summed E-state index contributed by atoms with van der Waals surface area (Å²) in [7, 11) is 0. The van der Waals surface area contributed by atoms with E-state index in [1.165, 1.54) is 29.5 Å². The fourth-order valence-corrected chi connectivity index (χ4v) is 2.35. The van der Waals surface area contributed by atoms with Crippen molar-refractivity contribution in [3.63, 3.8) is 0 Å². The van der Waals surface area contributed by atoms with Crippen molar-refractivity contribution in [2.45, 2.75) is 39.7 Å². The maximum atomic E-state index is 4.46. The highest BCUT2D eigenvalue weighted by Gasteiger charge is 2.21. The molecule has 1 fully saturated rings. The fourth-order valence-electron chi connectivity index (χ4n) is 2.35. The summed E-state index contributed by atoms with van der Waals surface area (Å²) in [6, 6.07) is 4.85. The first-order valence-electron chi connectivity index (χ1n) is 6.93. The molecule has 1 aliphatic rings. The monoisotopic (exact) mass is 269 g/mol. The summed E-state index contributed by atoms with van der Waals surface area (Å²) in [6.07, 6.45) is 4.09. The Balaban J connectivity index is 1.83. The zero-order valence-electron chi connectivity index (χ0n) is 12.1. The molecular formula is C15H19N5. The van der Waals surface area contributed by atoms with E-state index in [1.807, 2.05) is 0 Å². The molecule has 104 valence electrons. The molecule has 0 amide bonds. The standard InChI is InChI=1S/C15H19N5/c1-9-6-10(2)14(11(3)7-9)19-15-18-13(8-16-20-15)17-12-4-5-12/h6-8,12H,4-5H2,1-3H3,(H2,17,18,19,20). The number of anilines is 3. The number of rotatable bonds is 4. The van der Waals surface area contributed by atoms with E-state index in [2.05, 4.69) is 58.7 Å². The van der Waals surface area contributed by atoms with E-state index < -0.39 is 0 Å². The molecule has 3 rings (SSSR count). The Labute approximate surface area is 118 Å². The van der Waals surface area contributed by atoms with Crippen molar-refractivity contribution in [3.8, 4) is 0 Å². The summed E-state index contributed by atoms with van der Waals surface area (Å²) in [6.45, 7) is 6.27. The second-order valence-corrected chi connectivity index (χ2v) is 5.48. The highest BCUT2D eigenvalue weighted by atomic mass is 15.3. The fraction of sp³-hybridized carbons (Fsp3) is 0.400. The van der Waals surface area contributed by atoms with Gasteiger partial charge in [0.2, 0.25) is 5.95 Å². The number of hydrogen-bond donors (Lipinski definition) is 2. The molecule has 5 nitrogen and oxygen atoms in total. The normalized spacial score (nSPS) is 14.2. The van der Waals surface area contributed by atoms with Crippen LogP contribution in [0.5, 0.6) is 0 Å². The Morgan fingerprint density at radius 1 is 1.10 bits per heavy atom. The number of hydrogen-bond acceptors (Lipinski definition) is 5. The Morgan fingerprint density at radius 2 is 1.80 bits per heavy atom. The van der Waals surface area contributed by atoms with E-state index in [0.29, 0.717) is 12.0 Å². The summed E-state index contributed by atoms with van der Waals surface area (Å²) < 4.78 is 0. The molecule has 1 aromatic carbocycles. The van der Waals surface area contributed by atoms with E-state index in [4.69, 9.17) is 0 Å². The molecule has 5 heteroatoms. The van der Waals surface area contributed by atoms with Crippen LogP contribution in [0, 0.1) is 20.8 Å². The highest BCUT2D eigenvalue weighted by molar-refractivity contribution is 5.64. The number of aryl methyl sites for hydroxylation is 3. The molecule has 1 saturated carbocycles. The van der Waals surface area contributed by atoms with Gasteiger partial charge in [0.05, 0.1) is 6.20 Å². The van der Waals surface area contributed by atoms with Crippen LogP contribution in [0.2, 0.25) is 0 Å². The van der Waals surface area contributed by atoms with Crippen LogP contribution < -0.4 is 10.6 Å². The van der Waals surface area contributed by atoms with E-state index in [-0.39, 0.29) is 0 Å². The third-order valence-electron chi connectivity index (χ3n) is 3.40. The highest BCUT2D eigenvalue weighted by Crippen LogP contribution is 2.26. The first kappa shape index (κ1) is 12.8. The lowest BCUT2D eigenvalue weighted by Gasteiger charge is -2.13. The molecule has 0 saturated heterocycles. The molecular weight excluding hydrogens is 250 g/mol. The molecule has 2 N–H and O–H groups in total. The van der Waals surface area contributed by atoms with Gasteiger partial charge in [0.15, 0.2) is 5.82 Å². The maximum Gasteiger partial charge on any atom is 0.249 e. The van der Waals surface area contributed by atoms with Crippen LogP contribution in [0.3, 0.4) is 0 Å². The Kier molecular flexibility index (Phi) is 3.26. The van der Waals surface area contributed by atoms with Crippen molar-refractivity contribution in [2.24, 2.45) is 0 Å². The lowest BCUT2D eigenvalue weighted by atomic mass is 10.1. The van der Waals surface area contributed by atoms with Crippen molar-refractivity contribution in [2.75, 3.05) is 10.6 Å². The van der Waals surface area contributed by atoms with Gasteiger partial charge >= 0.3 is 0 Å². The minimum absolute atomic E-state index is 0.533. The van der Waals surface area contributed by atoms with Crippen molar-refractivity contribution in [3.05, 3.63) is 35.0 Å². The molecule has 1 aromatic heterocycles. The molecule has 1 heterocycles. The van der Waals surface area contributed by atoms with Crippen molar-refractivity contribution < 1.29 is 0 Å². The topological polar surface area (TPSA) is 62.7 Å². The SMILES string of the molecule is Cc1cc(C)c(Nc2nncc(NC3CC3)n2)c(C)c1. The van der Waals surface area contributed by atoms with Gasteiger partial charge in [0.1, 0.15) is 0 Å². The smallest absolute Gasteiger partial charge is 0.249 e. The summed E-state index contributed by atoms with van der Waals surface area (Å²) >= 11 is 0. The molecule has 1 aliphatic carbocycles. The van der Waals surface area contributed by atoms with Gasteiger partial charge in [-0.15, -0.1) is 5.10 Å². The molecule has 0 bridgehead atoms. The Hall–Kier alpha value is -2.17. The predicted molar refractivity (Wildman–Crippen MR) is 80.4 cm³/mol. The molecule has 0 spiro atoms. The Morgan fingerprint density at radius 3 is 2.45 bits per heavy atom. The van der Waals surface area contributed by atoms with E-state index >= 15 is 0 Å². The van der Waals surface area contributed by atoms with Gasteiger partial charge in [-0.1, -0.05) is 17.7 Å². The first-order valence-corrected chi connectivity index (χ1v) is 6.93. The number of nitrogens with one attached hydrogen (secondary N) is 2. The third kappa shape index (κ3) is 2.87. The Bertz CT molecular complexity index is 611. The van der Waals surface area contributed by atoms with E-state index in [0.717, 1.165) is 11.5 Å². The molecule has 0 aliphatic heterocycles.